The van der Waals surface area contributed by atoms with Crippen LogP contribution in [0.2, 0.25) is 0 Å². The number of aryl methyl sites for hydroxylation is 1. The quantitative estimate of drug-likeness (QED) is 0.747. The zero-order valence-corrected chi connectivity index (χ0v) is 12.2. The fourth-order valence-electron chi connectivity index (χ4n) is 2.32. The summed E-state index contributed by atoms with van der Waals surface area (Å²) in [7, 11) is 2.00. The monoisotopic (exact) mass is 283 g/mol. The summed E-state index contributed by atoms with van der Waals surface area (Å²) in [4.78, 5) is 4.31. The minimum absolute atomic E-state index is 0.00259. The van der Waals surface area contributed by atoms with E-state index in [0.717, 1.165) is 10.9 Å². The van der Waals surface area contributed by atoms with Gasteiger partial charge < -0.3 is 10.3 Å². The molecular weight excluding hydrogens is 266 g/mol. The maximum atomic E-state index is 6.37. The molecule has 1 unspecified atom stereocenters. The number of benzene rings is 2. The number of rotatable bonds is 4. The Bertz CT molecular complexity index is 715. The number of hydrogen-bond donors (Lipinski definition) is 1. The van der Waals surface area contributed by atoms with E-state index in [1.165, 1.54) is 16.3 Å². The molecule has 20 heavy (non-hydrogen) atoms. The molecule has 2 N–H and O–H groups in total. The van der Waals surface area contributed by atoms with Crippen molar-refractivity contribution >= 4 is 22.5 Å². The van der Waals surface area contributed by atoms with E-state index >= 15 is 0 Å². The minimum atomic E-state index is 0.00259. The van der Waals surface area contributed by atoms with E-state index in [4.69, 9.17) is 5.73 Å². The third kappa shape index (κ3) is 2.57. The lowest BCUT2D eigenvalue weighted by atomic mass is 10.0. The summed E-state index contributed by atoms with van der Waals surface area (Å²) >= 11 is 1.69. The SMILES string of the molecule is Cn1ccnc1SCC(N)c1cccc2ccccc12. The van der Waals surface area contributed by atoms with Crippen molar-refractivity contribution in [3.8, 4) is 0 Å². The number of nitrogens with zero attached hydrogens (tertiary/aromatic N) is 2. The molecule has 0 amide bonds. The largest absolute Gasteiger partial charge is 0.329 e. The second kappa shape index (κ2) is 5.69. The van der Waals surface area contributed by atoms with Crippen LogP contribution in [0, 0.1) is 0 Å². The second-order valence-electron chi connectivity index (χ2n) is 4.81. The van der Waals surface area contributed by atoms with E-state index in [2.05, 4.69) is 47.4 Å². The Morgan fingerprint density at radius 2 is 2.00 bits per heavy atom. The molecule has 0 aliphatic carbocycles. The number of imidazole rings is 1. The predicted molar refractivity (Wildman–Crippen MR) is 84.8 cm³/mol. The lowest BCUT2D eigenvalue weighted by Gasteiger charge is -2.14. The van der Waals surface area contributed by atoms with Crippen molar-refractivity contribution in [3.63, 3.8) is 0 Å². The topological polar surface area (TPSA) is 43.8 Å². The third-order valence-corrected chi connectivity index (χ3v) is 4.57. The van der Waals surface area contributed by atoms with Crippen LogP contribution in [-0.4, -0.2) is 15.3 Å². The van der Waals surface area contributed by atoms with Gasteiger partial charge in [0.05, 0.1) is 0 Å². The zero-order chi connectivity index (χ0) is 13.9. The van der Waals surface area contributed by atoms with Gasteiger partial charge in [0.1, 0.15) is 0 Å². The van der Waals surface area contributed by atoms with Gasteiger partial charge in [-0.3, -0.25) is 0 Å². The van der Waals surface area contributed by atoms with Gasteiger partial charge in [-0.25, -0.2) is 4.98 Å². The van der Waals surface area contributed by atoms with Crippen LogP contribution in [-0.2, 0) is 7.05 Å². The number of aromatic nitrogens is 2. The summed E-state index contributed by atoms with van der Waals surface area (Å²) < 4.78 is 2.01. The highest BCUT2D eigenvalue weighted by Gasteiger charge is 2.11. The molecule has 1 heterocycles. The molecule has 102 valence electrons. The van der Waals surface area contributed by atoms with Crippen LogP contribution in [0.4, 0.5) is 0 Å². The number of nitrogens with two attached hydrogens (primary N) is 1. The van der Waals surface area contributed by atoms with Crippen molar-refractivity contribution < 1.29 is 0 Å². The lowest BCUT2D eigenvalue weighted by molar-refractivity contribution is 0.781. The summed E-state index contributed by atoms with van der Waals surface area (Å²) in [5.41, 5.74) is 7.57. The molecule has 0 aliphatic heterocycles. The van der Waals surface area contributed by atoms with Crippen LogP contribution in [0.25, 0.3) is 10.8 Å². The maximum Gasteiger partial charge on any atom is 0.167 e. The maximum absolute atomic E-state index is 6.37. The molecule has 0 bridgehead atoms. The first kappa shape index (κ1) is 13.2. The fraction of sp³-hybridized carbons (Fsp3) is 0.188. The smallest absolute Gasteiger partial charge is 0.167 e. The standard InChI is InChI=1S/C16H17N3S/c1-19-10-9-18-16(19)20-11-15(17)14-8-4-6-12-5-2-3-7-13(12)14/h2-10,15H,11,17H2,1H3. The fourth-order valence-corrected chi connectivity index (χ4v) is 3.23. The van der Waals surface area contributed by atoms with Crippen LogP contribution < -0.4 is 5.73 Å². The van der Waals surface area contributed by atoms with Gasteiger partial charge in [-0.1, -0.05) is 54.2 Å². The van der Waals surface area contributed by atoms with E-state index in [-0.39, 0.29) is 6.04 Å². The van der Waals surface area contributed by atoms with E-state index in [9.17, 15) is 0 Å². The highest BCUT2D eigenvalue weighted by atomic mass is 32.2. The third-order valence-electron chi connectivity index (χ3n) is 3.39. The Morgan fingerprint density at radius 1 is 1.20 bits per heavy atom. The molecule has 0 saturated heterocycles. The van der Waals surface area contributed by atoms with Crippen molar-refractivity contribution in [1.29, 1.82) is 0 Å². The van der Waals surface area contributed by atoms with Gasteiger partial charge in [0, 0.05) is 31.2 Å². The average Bonchev–Trinajstić information content (AvgIpc) is 2.89. The zero-order valence-electron chi connectivity index (χ0n) is 11.4. The molecule has 3 aromatic rings. The second-order valence-corrected chi connectivity index (χ2v) is 5.79. The summed E-state index contributed by atoms with van der Waals surface area (Å²) in [6, 6.07) is 14.7. The molecule has 1 aromatic heterocycles. The van der Waals surface area contributed by atoms with Gasteiger partial charge in [-0.15, -0.1) is 0 Å². The molecule has 1 atom stereocenters. The predicted octanol–water partition coefficient (Wildman–Crippen LogP) is 3.37. The molecule has 0 spiro atoms. The highest BCUT2D eigenvalue weighted by molar-refractivity contribution is 7.99. The van der Waals surface area contributed by atoms with Crippen molar-refractivity contribution in [2.24, 2.45) is 12.8 Å². The van der Waals surface area contributed by atoms with E-state index in [0.29, 0.717) is 0 Å². The van der Waals surface area contributed by atoms with E-state index < -0.39 is 0 Å². The van der Waals surface area contributed by atoms with Gasteiger partial charge >= 0.3 is 0 Å². The van der Waals surface area contributed by atoms with Crippen LogP contribution in [0.1, 0.15) is 11.6 Å². The van der Waals surface area contributed by atoms with Gasteiger partial charge in [-0.05, 0) is 16.3 Å². The molecular formula is C16H17N3S. The van der Waals surface area contributed by atoms with Crippen LogP contribution >= 0.6 is 11.8 Å². The number of thioether (sulfide) groups is 1. The summed E-state index contributed by atoms with van der Waals surface area (Å²) in [5, 5.41) is 3.48. The minimum Gasteiger partial charge on any atom is -0.329 e. The molecule has 3 nitrogen and oxygen atoms in total. The van der Waals surface area contributed by atoms with Crippen LogP contribution in [0.3, 0.4) is 0 Å². The molecule has 0 radical (unpaired) electrons. The van der Waals surface area contributed by atoms with E-state index in [1.54, 1.807) is 11.8 Å². The molecule has 0 fully saturated rings. The molecule has 2 aromatic carbocycles. The first-order chi connectivity index (χ1) is 9.75. The van der Waals surface area contributed by atoms with Crippen LogP contribution in [0.5, 0.6) is 0 Å². The van der Waals surface area contributed by atoms with Gasteiger partial charge in [0.15, 0.2) is 5.16 Å². The van der Waals surface area contributed by atoms with Crippen molar-refractivity contribution in [1.82, 2.24) is 9.55 Å². The van der Waals surface area contributed by atoms with Crippen molar-refractivity contribution in [2.75, 3.05) is 5.75 Å². The molecule has 0 saturated carbocycles. The Kier molecular flexibility index (Phi) is 3.76. The van der Waals surface area contributed by atoms with Crippen molar-refractivity contribution in [3.05, 3.63) is 60.4 Å². The number of fused-ring (bicyclic) bond motifs is 1. The lowest BCUT2D eigenvalue weighted by Crippen LogP contribution is -2.13. The summed E-state index contributed by atoms with van der Waals surface area (Å²) in [6.45, 7) is 0. The van der Waals surface area contributed by atoms with Gasteiger partial charge in [0.25, 0.3) is 0 Å². The molecule has 3 rings (SSSR count). The van der Waals surface area contributed by atoms with E-state index in [1.807, 2.05) is 24.0 Å². The Hall–Kier alpha value is -1.78. The Balaban J connectivity index is 1.82. The molecule has 0 aliphatic rings. The Morgan fingerprint density at radius 3 is 2.80 bits per heavy atom. The Labute approximate surface area is 122 Å². The number of hydrogen-bond acceptors (Lipinski definition) is 3. The van der Waals surface area contributed by atoms with Gasteiger partial charge in [-0.2, -0.15) is 0 Å². The normalized spacial score (nSPS) is 12.7. The highest BCUT2D eigenvalue weighted by Crippen LogP contribution is 2.27. The summed E-state index contributed by atoms with van der Waals surface area (Å²) in [6.07, 6.45) is 3.76. The van der Waals surface area contributed by atoms with Gasteiger partial charge in [0.2, 0.25) is 0 Å². The summed E-state index contributed by atoms with van der Waals surface area (Å²) in [5.74, 6) is 0.818. The van der Waals surface area contributed by atoms with Crippen molar-refractivity contribution in [2.45, 2.75) is 11.2 Å². The first-order valence-electron chi connectivity index (χ1n) is 6.59. The van der Waals surface area contributed by atoms with Crippen LogP contribution in [0.15, 0.2) is 60.0 Å². The first-order valence-corrected chi connectivity index (χ1v) is 7.57. The molecule has 4 heteroatoms. The average molecular weight is 283 g/mol.